The van der Waals surface area contributed by atoms with E-state index in [2.05, 4.69) is 6.07 Å². The van der Waals surface area contributed by atoms with E-state index in [4.69, 9.17) is 19.9 Å². The maximum absolute atomic E-state index is 13.4. The van der Waals surface area contributed by atoms with Crippen LogP contribution in [-0.2, 0) is 0 Å². The first-order valence-electron chi connectivity index (χ1n) is 9.33. The van der Waals surface area contributed by atoms with Crippen LogP contribution in [0.3, 0.4) is 0 Å². The largest absolute Gasteiger partial charge is 0.497 e. The second-order valence-electron chi connectivity index (χ2n) is 6.80. The van der Waals surface area contributed by atoms with Gasteiger partial charge >= 0.3 is 5.97 Å². The zero-order valence-corrected chi connectivity index (χ0v) is 16.5. The maximum Gasteiger partial charge on any atom is 0.343 e. The highest BCUT2D eigenvalue weighted by molar-refractivity contribution is 5.91. The topological polar surface area (TPSA) is 94.6 Å². The molecule has 3 aromatic rings. The second-order valence-corrected chi connectivity index (χ2v) is 6.80. The molecule has 4 rings (SSSR count). The standard InChI is InChI=1S/C24H17FN2O4/c1-29-17-4-2-3-15(11-17)24(28)30-18-9-10-19-21(12-18)31-23(27)20(13-26)22(19)14-5-7-16(25)8-6-14/h2-12,22H,27H2,1H3. The predicted molar refractivity (Wildman–Crippen MR) is 110 cm³/mol. The van der Waals surface area contributed by atoms with Gasteiger partial charge in [0.1, 0.15) is 34.7 Å². The van der Waals surface area contributed by atoms with Gasteiger partial charge in [0.05, 0.1) is 18.6 Å². The lowest BCUT2D eigenvalue weighted by Crippen LogP contribution is -2.21. The molecule has 0 fully saturated rings. The Morgan fingerprint density at radius 2 is 1.87 bits per heavy atom. The van der Waals surface area contributed by atoms with Crippen molar-refractivity contribution in [2.45, 2.75) is 5.92 Å². The van der Waals surface area contributed by atoms with Crippen LogP contribution in [-0.4, -0.2) is 13.1 Å². The van der Waals surface area contributed by atoms with Crippen molar-refractivity contribution in [2.75, 3.05) is 7.11 Å². The number of nitriles is 1. The maximum atomic E-state index is 13.4. The number of nitrogens with zero attached hydrogens (tertiary/aromatic N) is 1. The fourth-order valence-electron chi connectivity index (χ4n) is 3.41. The van der Waals surface area contributed by atoms with Crippen molar-refractivity contribution in [3.8, 4) is 23.3 Å². The van der Waals surface area contributed by atoms with Crippen molar-refractivity contribution < 1.29 is 23.4 Å². The molecule has 6 nitrogen and oxygen atoms in total. The Bertz CT molecular complexity index is 1230. The van der Waals surface area contributed by atoms with E-state index < -0.39 is 11.9 Å². The van der Waals surface area contributed by atoms with Gasteiger partial charge in [-0.25, -0.2) is 9.18 Å². The van der Waals surface area contributed by atoms with Gasteiger partial charge in [-0.15, -0.1) is 0 Å². The lowest BCUT2D eigenvalue weighted by atomic mass is 9.83. The van der Waals surface area contributed by atoms with E-state index in [1.54, 1.807) is 48.5 Å². The van der Waals surface area contributed by atoms with Crippen LogP contribution in [0.1, 0.15) is 27.4 Å². The number of halogens is 1. The number of methoxy groups -OCH3 is 1. The van der Waals surface area contributed by atoms with Crippen LogP contribution in [0.5, 0.6) is 17.2 Å². The Labute approximate surface area is 177 Å². The van der Waals surface area contributed by atoms with Crippen molar-refractivity contribution in [3.63, 3.8) is 0 Å². The number of allylic oxidation sites excluding steroid dienone is 1. The predicted octanol–water partition coefficient (Wildman–Crippen LogP) is 4.27. The summed E-state index contributed by atoms with van der Waals surface area (Å²) >= 11 is 0. The van der Waals surface area contributed by atoms with Crippen LogP contribution in [0.2, 0.25) is 0 Å². The van der Waals surface area contributed by atoms with Crippen LogP contribution in [0.25, 0.3) is 0 Å². The second kappa shape index (κ2) is 8.20. The lowest BCUT2D eigenvalue weighted by Gasteiger charge is -2.26. The summed E-state index contributed by atoms with van der Waals surface area (Å²) in [7, 11) is 1.51. The number of ether oxygens (including phenoxy) is 3. The lowest BCUT2D eigenvalue weighted by molar-refractivity contribution is 0.0734. The van der Waals surface area contributed by atoms with Crippen LogP contribution in [0, 0.1) is 17.1 Å². The zero-order valence-electron chi connectivity index (χ0n) is 16.5. The molecule has 0 radical (unpaired) electrons. The molecule has 0 aromatic heterocycles. The van der Waals surface area contributed by atoms with Crippen molar-refractivity contribution in [3.05, 3.63) is 101 Å². The molecule has 7 heteroatoms. The van der Waals surface area contributed by atoms with Gasteiger partial charge in [0.15, 0.2) is 0 Å². The highest BCUT2D eigenvalue weighted by Crippen LogP contribution is 2.43. The number of carbonyl (C=O) groups is 1. The van der Waals surface area contributed by atoms with E-state index in [1.807, 2.05) is 0 Å². The molecule has 0 saturated heterocycles. The Hall–Kier alpha value is -4.31. The molecule has 0 bridgehead atoms. The van der Waals surface area contributed by atoms with Gasteiger partial charge in [0.25, 0.3) is 0 Å². The van der Waals surface area contributed by atoms with Gasteiger partial charge in [-0.2, -0.15) is 5.26 Å². The fourth-order valence-corrected chi connectivity index (χ4v) is 3.41. The minimum Gasteiger partial charge on any atom is -0.497 e. The average molecular weight is 416 g/mol. The highest BCUT2D eigenvalue weighted by atomic mass is 19.1. The number of carbonyl (C=O) groups excluding carboxylic acids is 1. The molecule has 1 atom stereocenters. The molecule has 154 valence electrons. The minimum atomic E-state index is -0.564. The number of benzene rings is 3. The summed E-state index contributed by atoms with van der Waals surface area (Å²) < 4.78 is 29.6. The smallest absolute Gasteiger partial charge is 0.343 e. The number of fused-ring (bicyclic) bond motifs is 1. The number of rotatable bonds is 4. The van der Waals surface area contributed by atoms with E-state index in [0.717, 1.165) is 0 Å². The Morgan fingerprint density at radius 3 is 2.58 bits per heavy atom. The zero-order chi connectivity index (χ0) is 22.0. The number of hydrogen-bond donors (Lipinski definition) is 1. The van der Waals surface area contributed by atoms with Gasteiger partial charge < -0.3 is 19.9 Å². The quantitative estimate of drug-likeness (QED) is 0.504. The first-order valence-corrected chi connectivity index (χ1v) is 9.33. The van der Waals surface area contributed by atoms with Gasteiger partial charge in [0.2, 0.25) is 5.88 Å². The normalized spacial score (nSPS) is 14.8. The van der Waals surface area contributed by atoms with Crippen molar-refractivity contribution in [1.82, 2.24) is 0 Å². The summed E-state index contributed by atoms with van der Waals surface area (Å²) in [6.07, 6.45) is 0. The van der Waals surface area contributed by atoms with Gasteiger partial charge in [0, 0.05) is 11.6 Å². The number of nitrogens with two attached hydrogens (primary N) is 1. The van der Waals surface area contributed by atoms with Crippen LogP contribution >= 0.6 is 0 Å². The first-order chi connectivity index (χ1) is 15.0. The summed E-state index contributed by atoms with van der Waals surface area (Å²) in [5, 5.41) is 9.59. The van der Waals surface area contributed by atoms with E-state index in [1.165, 1.54) is 25.3 Å². The number of esters is 1. The number of hydrogen-bond acceptors (Lipinski definition) is 6. The minimum absolute atomic E-state index is 0.0550. The molecular weight excluding hydrogens is 399 g/mol. The summed E-state index contributed by atoms with van der Waals surface area (Å²) in [5.74, 6) is -0.401. The van der Waals surface area contributed by atoms with E-state index in [-0.39, 0.29) is 23.0 Å². The van der Waals surface area contributed by atoms with E-state index in [9.17, 15) is 14.4 Å². The van der Waals surface area contributed by atoms with E-state index in [0.29, 0.717) is 28.2 Å². The van der Waals surface area contributed by atoms with Gasteiger partial charge in [-0.05, 0) is 42.0 Å². The Balaban J connectivity index is 1.67. The molecule has 0 spiro atoms. The molecule has 1 heterocycles. The fraction of sp³-hybridized carbons (Fsp3) is 0.0833. The van der Waals surface area contributed by atoms with Crippen molar-refractivity contribution in [1.29, 1.82) is 5.26 Å². The Morgan fingerprint density at radius 1 is 1.10 bits per heavy atom. The summed E-state index contributed by atoms with van der Waals surface area (Å²) in [6, 6.07) is 19.3. The molecule has 3 aromatic carbocycles. The molecule has 0 aliphatic carbocycles. The first kappa shape index (κ1) is 20.0. The summed E-state index contributed by atoms with van der Waals surface area (Å²) in [6.45, 7) is 0. The molecule has 1 aliphatic heterocycles. The molecular formula is C24H17FN2O4. The van der Waals surface area contributed by atoms with Crippen LogP contribution < -0.4 is 19.9 Å². The SMILES string of the molecule is COc1cccc(C(=O)Oc2ccc3c(c2)OC(N)=C(C#N)C3c2ccc(F)cc2)c1. The van der Waals surface area contributed by atoms with E-state index >= 15 is 0 Å². The monoisotopic (exact) mass is 416 g/mol. The molecule has 0 saturated carbocycles. The van der Waals surface area contributed by atoms with Crippen molar-refractivity contribution >= 4 is 5.97 Å². The van der Waals surface area contributed by atoms with Gasteiger partial charge in [-0.1, -0.05) is 24.3 Å². The molecule has 1 aliphatic rings. The third kappa shape index (κ3) is 3.91. The van der Waals surface area contributed by atoms with Gasteiger partial charge in [-0.3, -0.25) is 0 Å². The third-order valence-corrected chi connectivity index (χ3v) is 4.91. The van der Waals surface area contributed by atoms with Crippen LogP contribution in [0.15, 0.2) is 78.2 Å². The molecule has 0 amide bonds. The Kier molecular flexibility index (Phi) is 5.29. The third-order valence-electron chi connectivity index (χ3n) is 4.91. The molecule has 2 N–H and O–H groups in total. The van der Waals surface area contributed by atoms with Crippen LogP contribution in [0.4, 0.5) is 4.39 Å². The molecule has 1 unspecified atom stereocenters. The summed E-state index contributed by atoms with van der Waals surface area (Å²) in [5.41, 5.74) is 7.86. The average Bonchev–Trinajstić information content (AvgIpc) is 2.78. The van der Waals surface area contributed by atoms with Crippen molar-refractivity contribution in [2.24, 2.45) is 5.73 Å². The highest BCUT2D eigenvalue weighted by Gasteiger charge is 2.31. The molecule has 31 heavy (non-hydrogen) atoms. The summed E-state index contributed by atoms with van der Waals surface area (Å²) in [4.78, 5) is 12.5.